The Balaban J connectivity index is 1.55. The van der Waals surface area contributed by atoms with Gasteiger partial charge in [-0.05, 0) is 66.6 Å². The van der Waals surface area contributed by atoms with Gasteiger partial charge in [0.25, 0.3) is 0 Å². The van der Waals surface area contributed by atoms with E-state index in [0.29, 0.717) is 10.7 Å². The normalized spacial score (nSPS) is 17.6. The van der Waals surface area contributed by atoms with E-state index < -0.39 is 29.7 Å². The van der Waals surface area contributed by atoms with Crippen LogP contribution < -0.4 is 10.1 Å². The van der Waals surface area contributed by atoms with E-state index in [1.54, 1.807) is 41.4 Å². The number of anilines is 1. The summed E-state index contributed by atoms with van der Waals surface area (Å²) in [6, 6.07) is 17.3. The molecule has 194 valence electrons. The number of carbonyl (C=O) groups excluding carboxylic acids is 1. The van der Waals surface area contributed by atoms with Crippen molar-refractivity contribution < 1.29 is 31.5 Å². The number of hydrazone groups is 1. The number of carbonyl (C=O) groups is 1. The van der Waals surface area contributed by atoms with Crippen molar-refractivity contribution in [3.05, 3.63) is 94.5 Å². The molecule has 0 saturated carbocycles. The van der Waals surface area contributed by atoms with Crippen LogP contribution in [0.5, 0.6) is 5.75 Å². The fourth-order valence-corrected chi connectivity index (χ4v) is 4.27. The highest BCUT2D eigenvalue weighted by atomic mass is 35.5. The largest absolute Gasteiger partial charge is 0.435 e. The van der Waals surface area contributed by atoms with Crippen molar-refractivity contribution in [2.24, 2.45) is 5.10 Å². The van der Waals surface area contributed by atoms with Crippen molar-refractivity contribution in [3.63, 3.8) is 0 Å². The molecule has 0 aliphatic carbocycles. The van der Waals surface area contributed by atoms with Gasteiger partial charge in [-0.1, -0.05) is 35.9 Å². The standard InChI is InChI=1S/C26H21ClF5N3O2/c1-25(17-6-12-21(13-7-17)37-24(28)29)15-35(34-23(25)16-2-8-19(27)9-3-16)14-22(36)33-20-10-4-18(5-11-20)26(30,31)32/h2-13,24H,14-15H2,1H3,(H,33,36). The van der Waals surface area contributed by atoms with E-state index >= 15 is 0 Å². The van der Waals surface area contributed by atoms with Crippen LogP contribution in [0.3, 0.4) is 0 Å². The number of halogens is 6. The molecule has 3 aromatic rings. The Morgan fingerprint density at radius 2 is 1.68 bits per heavy atom. The second-order valence-corrected chi connectivity index (χ2v) is 9.07. The summed E-state index contributed by atoms with van der Waals surface area (Å²) in [4.78, 5) is 12.7. The molecule has 3 aromatic carbocycles. The first-order valence-corrected chi connectivity index (χ1v) is 11.4. The van der Waals surface area contributed by atoms with E-state index in [1.807, 2.05) is 6.92 Å². The molecule has 4 rings (SSSR count). The first kappa shape index (κ1) is 26.4. The maximum atomic E-state index is 12.8. The molecule has 0 radical (unpaired) electrons. The van der Waals surface area contributed by atoms with Gasteiger partial charge < -0.3 is 10.1 Å². The molecular weight excluding hydrogens is 517 g/mol. The third kappa shape index (κ3) is 6.19. The Hall–Kier alpha value is -3.66. The van der Waals surface area contributed by atoms with E-state index in [1.165, 1.54) is 24.3 Å². The lowest BCUT2D eigenvalue weighted by Crippen LogP contribution is -2.38. The van der Waals surface area contributed by atoms with Crippen molar-refractivity contribution in [2.75, 3.05) is 18.4 Å². The monoisotopic (exact) mass is 537 g/mol. The average Bonchev–Trinajstić information content (AvgIpc) is 3.16. The number of rotatable bonds is 7. The summed E-state index contributed by atoms with van der Waals surface area (Å²) >= 11 is 6.03. The van der Waals surface area contributed by atoms with Crippen LogP contribution >= 0.6 is 11.6 Å². The predicted molar refractivity (Wildman–Crippen MR) is 130 cm³/mol. The number of hydrogen-bond donors (Lipinski definition) is 1. The first-order valence-electron chi connectivity index (χ1n) is 11.1. The van der Waals surface area contributed by atoms with Crippen LogP contribution in [0.25, 0.3) is 0 Å². The second kappa shape index (κ2) is 10.4. The molecule has 1 amide bonds. The van der Waals surface area contributed by atoms with Crippen LogP contribution in [-0.2, 0) is 16.4 Å². The number of amides is 1. The maximum Gasteiger partial charge on any atom is 0.416 e. The molecule has 37 heavy (non-hydrogen) atoms. The molecule has 1 aliphatic heterocycles. The van der Waals surface area contributed by atoms with Crippen LogP contribution in [-0.4, -0.2) is 36.3 Å². The third-order valence-electron chi connectivity index (χ3n) is 5.92. The lowest BCUT2D eigenvalue weighted by Gasteiger charge is -2.27. The smallest absolute Gasteiger partial charge is 0.416 e. The van der Waals surface area contributed by atoms with Gasteiger partial charge in [0.05, 0.1) is 23.2 Å². The van der Waals surface area contributed by atoms with E-state index in [4.69, 9.17) is 11.6 Å². The molecule has 5 nitrogen and oxygen atoms in total. The SMILES string of the molecule is CC1(c2ccc(OC(F)F)cc2)CN(CC(=O)Nc2ccc(C(F)(F)F)cc2)N=C1c1ccc(Cl)cc1. The van der Waals surface area contributed by atoms with Crippen LogP contribution in [0.2, 0.25) is 5.02 Å². The number of hydrogen-bond acceptors (Lipinski definition) is 4. The predicted octanol–water partition coefficient (Wildman–Crippen LogP) is 6.58. The quantitative estimate of drug-likeness (QED) is 0.347. The number of nitrogens with one attached hydrogen (secondary N) is 1. The number of nitrogens with zero attached hydrogens (tertiary/aromatic N) is 2. The van der Waals surface area contributed by atoms with Crippen LogP contribution in [0.1, 0.15) is 23.6 Å². The Kier molecular flexibility index (Phi) is 7.40. The minimum absolute atomic E-state index is 0.0121. The van der Waals surface area contributed by atoms with Gasteiger partial charge in [0.2, 0.25) is 5.91 Å². The summed E-state index contributed by atoms with van der Waals surface area (Å²) in [7, 11) is 0. The molecule has 1 atom stereocenters. The van der Waals surface area contributed by atoms with Crippen molar-refractivity contribution in [1.82, 2.24) is 5.01 Å². The van der Waals surface area contributed by atoms with Gasteiger partial charge in [0.1, 0.15) is 12.3 Å². The number of benzene rings is 3. The highest BCUT2D eigenvalue weighted by Crippen LogP contribution is 2.36. The Morgan fingerprint density at radius 3 is 2.24 bits per heavy atom. The molecule has 1 heterocycles. The molecule has 0 bridgehead atoms. The van der Waals surface area contributed by atoms with Crippen molar-refractivity contribution in [3.8, 4) is 5.75 Å². The van der Waals surface area contributed by atoms with Gasteiger partial charge >= 0.3 is 12.8 Å². The van der Waals surface area contributed by atoms with E-state index in [-0.39, 0.29) is 24.5 Å². The zero-order chi connectivity index (χ0) is 26.8. The topological polar surface area (TPSA) is 53.9 Å². The summed E-state index contributed by atoms with van der Waals surface area (Å²) in [5.74, 6) is -0.456. The Morgan fingerprint density at radius 1 is 1.05 bits per heavy atom. The minimum atomic E-state index is -4.47. The molecule has 0 saturated heterocycles. The van der Waals surface area contributed by atoms with Crippen molar-refractivity contribution in [1.29, 1.82) is 0 Å². The average molecular weight is 538 g/mol. The second-order valence-electron chi connectivity index (χ2n) is 8.64. The van der Waals surface area contributed by atoms with Crippen molar-refractivity contribution >= 4 is 28.9 Å². The van der Waals surface area contributed by atoms with Gasteiger partial charge in [0, 0.05) is 10.7 Å². The lowest BCUT2D eigenvalue weighted by atomic mass is 9.76. The van der Waals surface area contributed by atoms with Gasteiger partial charge in [-0.3, -0.25) is 9.80 Å². The van der Waals surface area contributed by atoms with Crippen molar-refractivity contribution in [2.45, 2.75) is 25.1 Å². The zero-order valence-corrected chi connectivity index (χ0v) is 20.2. The fraction of sp³-hybridized carbons (Fsp3) is 0.231. The zero-order valence-electron chi connectivity index (χ0n) is 19.4. The van der Waals surface area contributed by atoms with E-state index in [0.717, 1.165) is 23.3 Å². The number of ether oxygens (including phenoxy) is 1. The molecule has 1 aliphatic rings. The molecule has 1 N–H and O–H groups in total. The summed E-state index contributed by atoms with van der Waals surface area (Å²) in [6.45, 7) is -0.921. The molecule has 11 heteroatoms. The summed E-state index contributed by atoms with van der Waals surface area (Å²) < 4.78 is 67.9. The molecule has 1 unspecified atom stereocenters. The Labute approximate surface area is 214 Å². The summed E-state index contributed by atoms with van der Waals surface area (Å²) in [5, 5.41) is 9.32. The van der Waals surface area contributed by atoms with E-state index in [9.17, 15) is 26.7 Å². The Bertz CT molecular complexity index is 1280. The van der Waals surface area contributed by atoms with Gasteiger partial charge in [-0.25, -0.2) is 0 Å². The van der Waals surface area contributed by atoms with Crippen LogP contribution in [0.15, 0.2) is 77.9 Å². The highest BCUT2D eigenvalue weighted by molar-refractivity contribution is 6.30. The maximum absolute atomic E-state index is 12.8. The summed E-state index contributed by atoms with van der Waals surface area (Å²) in [6.07, 6.45) is -4.47. The highest BCUT2D eigenvalue weighted by Gasteiger charge is 2.41. The van der Waals surface area contributed by atoms with Gasteiger partial charge in [0.15, 0.2) is 0 Å². The lowest BCUT2D eigenvalue weighted by molar-refractivity contribution is -0.137. The first-order chi connectivity index (χ1) is 17.4. The number of alkyl halides is 5. The van der Waals surface area contributed by atoms with Gasteiger partial charge in [-0.15, -0.1) is 0 Å². The minimum Gasteiger partial charge on any atom is -0.435 e. The van der Waals surface area contributed by atoms with Crippen LogP contribution in [0.4, 0.5) is 27.6 Å². The molecule has 0 fully saturated rings. The van der Waals surface area contributed by atoms with E-state index in [2.05, 4.69) is 15.2 Å². The van der Waals surface area contributed by atoms with Crippen LogP contribution in [0, 0.1) is 0 Å². The third-order valence-corrected chi connectivity index (χ3v) is 6.17. The molecule has 0 spiro atoms. The molecular formula is C26H21ClF5N3O2. The fourth-order valence-electron chi connectivity index (χ4n) is 4.14. The molecule has 0 aromatic heterocycles. The van der Waals surface area contributed by atoms with Gasteiger partial charge in [-0.2, -0.15) is 27.1 Å². The summed E-state index contributed by atoms with van der Waals surface area (Å²) in [5.41, 5.74) is 0.818.